The number of carbonyl (C=O) groups excluding carboxylic acids is 2. The van der Waals surface area contributed by atoms with Crippen LogP contribution in [0.1, 0.15) is 24.9 Å². The minimum absolute atomic E-state index is 0.138. The van der Waals surface area contributed by atoms with Gasteiger partial charge >= 0.3 is 6.09 Å². The molecule has 0 saturated carbocycles. The normalized spacial score (nSPS) is 11.4. The first-order chi connectivity index (χ1) is 8.67. The van der Waals surface area contributed by atoms with Crippen molar-refractivity contribution in [2.24, 2.45) is 0 Å². The minimum Gasteiger partial charge on any atom is -0.450 e. The Balaban J connectivity index is 2.75. The summed E-state index contributed by atoms with van der Waals surface area (Å²) in [4.78, 5) is 22.9. The number of amides is 2. The third kappa shape index (κ3) is 4.45. The van der Waals surface area contributed by atoms with Gasteiger partial charge in [0.1, 0.15) is 0 Å². The maximum absolute atomic E-state index is 11.4. The summed E-state index contributed by atoms with van der Waals surface area (Å²) in [7, 11) is 1.56. The van der Waals surface area contributed by atoms with Gasteiger partial charge in [0.2, 0.25) is 5.91 Å². The van der Waals surface area contributed by atoms with E-state index in [2.05, 4.69) is 10.6 Å². The minimum atomic E-state index is -0.518. The lowest BCUT2D eigenvalue weighted by Gasteiger charge is -2.18. The van der Waals surface area contributed by atoms with Crippen LogP contribution in [0.4, 0.5) is 4.79 Å². The Hall–Kier alpha value is -2.04. The van der Waals surface area contributed by atoms with E-state index in [0.29, 0.717) is 6.61 Å². The van der Waals surface area contributed by atoms with Gasteiger partial charge in [0, 0.05) is 7.05 Å². The monoisotopic (exact) mass is 250 g/mol. The number of carbonyl (C=O) groups is 2. The SMILES string of the molecule is CCOC(=O)N[C@H](CC(=O)NC)c1ccccc1. The van der Waals surface area contributed by atoms with E-state index in [4.69, 9.17) is 4.74 Å². The van der Waals surface area contributed by atoms with Gasteiger partial charge in [0.05, 0.1) is 19.1 Å². The molecular formula is C13H18N2O3. The molecule has 1 aromatic rings. The van der Waals surface area contributed by atoms with Crippen LogP contribution >= 0.6 is 0 Å². The van der Waals surface area contributed by atoms with Crippen molar-refractivity contribution in [3.8, 4) is 0 Å². The third-order valence-corrected chi connectivity index (χ3v) is 2.44. The number of nitrogens with one attached hydrogen (secondary N) is 2. The summed E-state index contributed by atoms with van der Waals surface area (Å²) in [5.41, 5.74) is 0.870. The van der Waals surface area contributed by atoms with Crippen LogP contribution in [0.15, 0.2) is 30.3 Å². The highest BCUT2D eigenvalue weighted by Crippen LogP contribution is 2.16. The first-order valence-electron chi connectivity index (χ1n) is 5.86. The highest BCUT2D eigenvalue weighted by molar-refractivity contribution is 5.77. The highest BCUT2D eigenvalue weighted by atomic mass is 16.5. The molecule has 0 aliphatic heterocycles. The molecule has 1 aromatic carbocycles. The van der Waals surface area contributed by atoms with E-state index in [-0.39, 0.29) is 18.4 Å². The third-order valence-electron chi connectivity index (χ3n) is 2.44. The molecule has 0 bridgehead atoms. The van der Waals surface area contributed by atoms with E-state index in [0.717, 1.165) is 5.56 Å². The Labute approximate surface area is 107 Å². The molecule has 0 saturated heterocycles. The quantitative estimate of drug-likeness (QED) is 0.834. The average molecular weight is 250 g/mol. The van der Waals surface area contributed by atoms with Crippen LogP contribution in [-0.4, -0.2) is 25.7 Å². The fourth-order valence-electron chi connectivity index (χ4n) is 1.54. The number of hydrogen-bond donors (Lipinski definition) is 2. The number of alkyl carbamates (subject to hydrolysis) is 1. The summed E-state index contributed by atoms with van der Waals surface area (Å²) < 4.78 is 4.83. The van der Waals surface area contributed by atoms with E-state index in [9.17, 15) is 9.59 Å². The molecule has 5 nitrogen and oxygen atoms in total. The van der Waals surface area contributed by atoms with Crippen molar-refractivity contribution in [1.29, 1.82) is 0 Å². The first kappa shape index (κ1) is 14.0. The Kier molecular flexibility index (Phi) is 5.70. The van der Waals surface area contributed by atoms with Crippen molar-refractivity contribution in [1.82, 2.24) is 10.6 Å². The second kappa shape index (κ2) is 7.32. The van der Waals surface area contributed by atoms with Crippen LogP contribution in [0.3, 0.4) is 0 Å². The second-order valence-corrected chi connectivity index (χ2v) is 3.71. The van der Waals surface area contributed by atoms with Crippen LogP contribution in [0.5, 0.6) is 0 Å². The van der Waals surface area contributed by atoms with E-state index in [1.54, 1.807) is 14.0 Å². The largest absolute Gasteiger partial charge is 0.450 e. The molecule has 1 atom stereocenters. The van der Waals surface area contributed by atoms with Crippen molar-refractivity contribution in [3.05, 3.63) is 35.9 Å². The van der Waals surface area contributed by atoms with Gasteiger partial charge in [-0.25, -0.2) is 4.79 Å². The lowest BCUT2D eigenvalue weighted by Crippen LogP contribution is -2.33. The number of ether oxygens (including phenoxy) is 1. The zero-order valence-electron chi connectivity index (χ0n) is 10.6. The molecule has 0 heterocycles. The number of benzene rings is 1. The van der Waals surface area contributed by atoms with E-state index in [1.165, 1.54) is 0 Å². The number of rotatable bonds is 5. The highest BCUT2D eigenvalue weighted by Gasteiger charge is 2.18. The molecule has 0 radical (unpaired) electrons. The van der Waals surface area contributed by atoms with Crippen molar-refractivity contribution in [3.63, 3.8) is 0 Å². The molecule has 0 aromatic heterocycles. The van der Waals surface area contributed by atoms with E-state index < -0.39 is 6.09 Å². The fraction of sp³-hybridized carbons (Fsp3) is 0.385. The van der Waals surface area contributed by atoms with Gasteiger partial charge in [-0.3, -0.25) is 4.79 Å². The molecule has 0 unspecified atom stereocenters. The Morgan fingerprint density at radius 1 is 1.28 bits per heavy atom. The van der Waals surface area contributed by atoms with E-state index in [1.807, 2.05) is 30.3 Å². The molecule has 0 aliphatic rings. The van der Waals surface area contributed by atoms with Crippen molar-refractivity contribution in [2.45, 2.75) is 19.4 Å². The van der Waals surface area contributed by atoms with Crippen molar-refractivity contribution < 1.29 is 14.3 Å². The zero-order chi connectivity index (χ0) is 13.4. The van der Waals surface area contributed by atoms with Crippen LogP contribution in [0.25, 0.3) is 0 Å². The Morgan fingerprint density at radius 2 is 1.94 bits per heavy atom. The molecule has 2 amide bonds. The summed E-state index contributed by atoms with van der Waals surface area (Å²) in [5, 5.41) is 5.22. The molecule has 1 rings (SSSR count). The summed E-state index contributed by atoms with van der Waals surface area (Å²) in [6, 6.07) is 8.94. The molecule has 0 spiro atoms. The van der Waals surface area contributed by atoms with Gasteiger partial charge in [0.25, 0.3) is 0 Å². The molecule has 0 aliphatic carbocycles. The smallest absolute Gasteiger partial charge is 0.407 e. The van der Waals surface area contributed by atoms with Crippen LogP contribution in [0, 0.1) is 0 Å². The lowest BCUT2D eigenvalue weighted by atomic mass is 10.0. The summed E-state index contributed by atoms with van der Waals surface area (Å²) in [6.45, 7) is 2.03. The summed E-state index contributed by atoms with van der Waals surface area (Å²) in [5.74, 6) is -0.138. The Morgan fingerprint density at radius 3 is 2.50 bits per heavy atom. The van der Waals surface area contributed by atoms with Gasteiger partial charge in [0.15, 0.2) is 0 Å². The van der Waals surface area contributed by atoms with Crippen LogP contribution < -0.4 is 10.6 Å². The first-order valence-corrected chi connectivity index (χ1v) is 5.86. The van der Waals surface area contributed by atoms with Gasteiger partial charge in [-0.15, -0.1) is 0 Å². The average Bonchev–Trinajstić information content (AvgIpc) is 2.39. The summed E-state index contributed by atoms with van der Waals surface area (Å²) >= 11 is 0. The molecule has 98 valence electrons. The van der Waals surface area contributed by atoms with Gasteiger partial charge < -0.3 is 15.4 Å². The predicted molar refractivity (Wildman–Crippen MR) is 68.0 cm³/mol. The number of hydrogen-bond acceptors (Lipinski definition) is 3. The standard InChI is InChI=1S/C13H18N2O3/c1-3-18-13(17)15-11(9-12(16)14-2)10-7-5-4-6-8-10/h4-8,11H,3,9H2,1-2H3,(H,14,16)(H,15,17)/t11-/m1/s1. The maximum Gasteiger partial charge on any atom is 0.407 e. The fourth-order valence-corrected chi connectivity index (χ4v) is 1.54. The molecular weight excluding hydrogens is 232 g/mol. The predicted octanol–water partition coefficient (Wildman–Crippen LogP) is 1.61. The maximum atomic E-state index is 11.4. The molecule has 2 N–H and O–H groups in total. The van der Waals surface area contributed by atoms with Crippen molar-refractivity contribution >= 4 is 12.0 Å². The molecule has 18 heavy (non-hydrogen) atoms. The van der Waals surface area contributed by atoms with Crippen LogP contribution in [0.2, 0.25) is 0 Å². The zero-order valence-corrected chi connectivity index (χ0v) is 10.6. The van der Waals surface area contributed by atoms with Crippen molar-refractivity contribution in [2.75, 3.05) is 13.7 Å². The van der Waals surface area contributed by atoms with Gasteiger partial charge in [-0.2, -0.15) is 0 Å². The molecule has 5 heteroatoms. The second-order valence-electron chi connectivity index (χ2n) is 3.71. The van der Waals surface area contributed by atoms with Gasteiger partial charge in [-0.05, 0) is 12.5 Å². The van der Waals surface area contributed by atoms with E-state index >= 15 is 0 Å². The van der Waals surface area contributed by atoms with Crippen LogP contribution in [-0.2, 0) is 9.53 Å². The topological polar surface area (TPSA) is 67.4 Å². The molecule has 0 fully saturated rings. The lowest BCUT2D eigenvalue weighted by molar-refractivity contribution is -0.121. The Bertz CT molecular complexity index is 392. The summed E-state index contributed by atoms with van der Waals surface area (Å²) in [6.07, 6.45) is -0.338. The van der Waals surface area contributed by atoms with Gasteiger partial charge in [-0.1, -0.05) is 30.3 Å².